The molecule has 4 heterocycles. The van der Waals surface area contributed by atoms with Gasteiger partial charge in [-0.2, -0.15) is 0 Å². The first-order valence-electron chi connectivity index (χ1n) is 8.82. The van der Waals surface area contributed by atoms with Crippen molar-refractivity contribution in [1.82, 2.24) is 15.0 Å². The van der Waals surface area contributed by atoms with Crippen LogP contribution in [0.15, 0.2) is 73.8 Å². The van der Waals surface area contributed by atoms with Crippen LogP contribution < -0.4 is 9.80 Å². The molecule has 3 atom stereocenters. The Morgan fingerprint density at radius 2 is 1.73 bits per heavy atom. The molecule has 0 saturated heterocycles. The summed E-state index contributed by atoms with van der Waals surface area (Å²) in [4.78, 5) is 18.2. The Morgan fingerprint density at radius 3 is 2.46 bits per heavy atom. The monoisotopic (exact) mass is 341 g/mol. The van der Waals surface area contributed by atoms with Crippen molar-refractivity contribution < 1.29 is 0 Å². The van der Waals surface area contributed by atoms with E-state index in [9.17, 15) is 0 Å². The zero-order valence-corrected chi connectivity index (χ0v) is 14.5. The standard InChI is InChI=1S/C21H19N5/c1-3-16-14(2)21-25(15-7-6-10-22-13-15)19-20(24-12-11-23-19)26(21)18-9-5-4-8-17(16)18/h3-14,16,21H,1H2,2H3. The van der Waals surface area contributed by atoms with Gasteiger partial charge >= 0.3 is 0 Å². The van der Waals surface area contributed by atoms with Gasteiger partial charge in [-0.05, 0) is 23.8 Å². The van der Waals surface area contributed by atoms with E-state index >= 15 is 0 Å². The van der Waals surface area contributed by atoms with Gasteiger partial charge in [0.25, 0.3) is 0 Å². The highest BCUT2D eigenvalue weighted by Gasteiger charge is 2.48. The number of rotatable bonds is 2. The minimum absolute atomic E-state index is 0.0782. The Bertz CT molecular complexity index is 971. The van der Waals surface area contributed by atoms with Gasteiger partial charge in [-0.25, -0.2) is 9.97 Å². The van der Waals surface area contributed by atoms with E-state index in [1.54, 1.807) is 18.6 Å². The van der Waals surface area contributed by atoms with Crippen molar-refractivity contribution in [3.8, 4) is 0 Å². The minimum atomic E-state index is 0.0782. The molecule has 5 rings (SSSR count). The molecule has 0 spiro atoms. The number of hydrogen-bond acceptors (Lipinski definition) is 5. The average Bonchev–Trinajstić information content (AvgIpc) is 3.05. The molecule has 3 unspecified atom stereocenters. The first-order valence-corrected chi connectivity index (χ1v) is 8.82. The molecule has 0 bridgehead atoms. The molecule has 2 aliphatic rings. The quantitative estimate of drug-likeness (QED) is 0.646. The van der Waals surface area contributed by atoms with E-state index in [1.807, 2.05) is 12.3 Å². The van der Waals surface area contributed by atoms with E-state index in [2.05, 4.69) is 74.7 Å². The summed E-state index contributed by atoms with van der Waals surface area (Å²) in [5, 5.41) is 0. The highest BCUT2D eigenvalue weighted by molar-refractivity contribution is 5.85. The van der Waals surface area contributed by atoms with Crippen molar-refractivity contribution >= 4 is 23.0 Å². The summed E-state index contributed by atoms with van der Waals surface area (Å²) in [5.41, 5.74) is 3.49. The van der Waals surface area contributed by atoms with Crippen molar-refractivity contribution in [2.45, 2.75) is 19.0 Å². The van der Waals surface area contributed by atoms with E-state index in [1.165, 1.54) is 11.3 Å². The zero-order chi connectivity index (χ0) is 17.7. The zero-order valence-electron chi connectivity index (χ0n) is 14.5. The van der Waals surface area contributed by atoms with Gasteiger partial charge < -0.3 is 4.90 Å². The van der Waals surface area contributed by atoms with Crippen LogP contribution in [0.1, 0.15) is 18.4 Å². The Balaban J connectivity index is 1.78. The molecular weight excluding hydrogens is 322 g/mol. The van der Waals surface area contributed by atoms with Crippen LogP contribution in [0.2, 0.25) is 0 Å². The first-order chi connectivity index (χ1) is 12.8. The van der Waals surface area contributed by atoms with Gasteiger partial charge in [-0.15, -0.1) is 6.58 Å². The van der Waals surface area contributed by atoms with Crippen LogP contribution in [0.5, 0.6) is 0 Å². The van der Waals surface area contributed by atoms with E-state index < -0.39 is 0 Å². The molecular formula is C21H19N5. The summed E-state index contributed by atoms with van der Waals surface area (Å²) in [6.07, 6.45) is 9.33. The van der Waals surface area contributed by atoms with Crippen molar-refractivity contribution in [2.24, 2.45) is 5.92 Å². The van der Waals surface area contributed by atoms with E-state index in [4.69, 9.17) is 0 Å². The van der Waals surface area contributed by atoms with Crippen molar-refractivity contribution in [2.75, 3.05) is 9.80 Å². The molecule has 0 fully saturated rings. The number of fused-ring (bicyclic) bond motifs is 5. The fourth-order valence-corrected chi connectivity index (χ4v) is 4.33. The number of para-hydroxylation sites is 1. The van der Waals surface area contributed by atoms with Crippen LogP contribution in [0.3, 0.4) is 0 Å². The van der Waals surface area contributed by atoms with Crippen LogP contribution in [0.25, 0.3) is 0 Å². The lowest BCUT2D eigenvalue weighted by Crippen LogP contribution is -2.48. The fraction of sp³-hybridized carbons (Fsp3) is 0.190. The van der Waals surface area contributed by atoms with Gasteiger partial charge in [-0.3, -0.25) is 9.88 Å². The third kappa shape index (κ3) is 1.94. The Hall–Kier alpha value is -3.21. The SMILES string of the molecule is C=CC1c2ccccc2N2c3nccnc3N(c3cccnc3)C2C1C. The van der Waals surface area contributed by atoms with E-state index in [-0.39, 0.29) is 12.1 Å². The molecule has 3 aromatic rings. The normalized spacial score (nSPS) is 23.2. The molecule has 26 heavy (non-hydrogen) atoms. The van der Waals surface area contributed by atoms with Gasteiger partial charge in [0.15, 0.2) is 11.6 Å². The molecule has 0 aliphatic carbocycles. The molecule has 128 valence electrons. The summed E-state index contributed by atoms with van der Waals surface area (Å²) in [6, 6.07) is 12.6. The Morgan fingerprint density at radius 1 is 0.962 bits per heavy atom. The van der Waals surface area contributed by atoms with Crippen molar-refractivity contribution in [3.05, 3.63) is 79.4 Å². The van der Waals surface area contributed by atoms with Gasteiger partial charge in [0, 0.05) is 36.1 Å². The lowest BCUT2D eigenvalue weighted by molar-refractivity contribution is 0.408. The Kier molecular flexibility index (Phi) is 3.28. The highest BCUT2D eigenvalue weighted by atomic mass is 15.5. The number of allylic oxidation sites excluding steroid dienone is 1. The maximum Gasteiger partial charge on any atom is 0.178 e. The van der Waals surface area contributed by atoms with E-state index in [0.29, 0.717) is 5.92 Å². The maximum absolute atomic E-state index is 4.68. The van der Waals surface area contributed by atoms with Crippen LogP contribution in [0, 0.1) is 5.92 Å². The summed E-state index contributed by atoms with van der Waals surface area (Å²) in [7, 11) is 0. The van der Waals surface area contributed by atoms with Crippen LogP contribution in [-0.2, 0) is 0 Å². The summed E-state index contributed by atoms with van der Waals surface area (Å²) >= 11 is 0. The second-order valence-electron chi connectivity index (χ2n) is 6.75. The van der Waals surface area contributed by atoms with Crippen LogP contribution in [0.4, 0.5) is 23.0 Å². The molecule has 5 nitrogen and oxygen atoms in total. The van der Waals surface area contributed by atoms with Gasteiger partial charge in [0.05, 0.1) is 11.9 Å². The molecule has 0 amide bonds. The molecule has 2 aromatic heterocycles. The lowest BCUT2D eigenvalue weighted by Gasteiger charge is -2.44. The predicted octanol–water partition coefficient (Wildman–Crippen LogP) is 4.41. The second kappa shape index (κ2) is 5.66. The molecule has 1 aromatic carbocycles. The maximum atomic E-state index is 4.68. The van der Waals surface area contributed by atoms with Gasteiger partial charge in [0.2, 0.25) is 0 Å². The van der Waals surface area contributed by atoms with Crippen LogP contribution >= 0.6 is 0 Å². The number of aromatic nitrogens is 3. The first kappa shape index (κ1) is 15.1. The Labute approximate surface area is 152 Å². The molecule has 2 aliphatic heterocycles. The van der Waals surface area contributed by atoms with Crippen molar-refractivity contribution in [1.29, 1.82) is 0 Å². The summed E-state index contributed by atoms with van der Waals surface area (Å²) in [6.45, 7) is 6.39. The van der Waals surface area contributed by atoms with E-state index in [0.717, 1.165) is 17.3 Å². The third-order valence-corrected chi connectivity index (χ3v) is 5.42. The number of hydrogen-bond donors (Lipinski definition) is 0. The van der Waals surface area contributed by atoms with Gasteiger partial charge in [0.1, 0.15) is 6.17 Å². The number of anilines is 4. The highest BCUT2D eigenvalue weighted by Crippen LogP contribution is 2.54. The number of benzene rings is 1. The second-order valence-corrected chi connectivity index (χ2v) is 6.75. The molecule has 5 heteroatoms. The molecule has 0 saturated carbocycles. The lowest BCUT2D eigenvalue weighted by atomic mass is 9.80. The molecule has 0 N–H and O–H groups in total. The number of nitrogens with zero attached hydrogens (tertiary/aromatic N) is 5. The largest absolute Gasteiger partial charge is 0.301 e. The average molecular weight is 341 g/mol. The van der Waals surface area contributed by atoms with Crippen molar-refractivity contribution in [3.63, 3.8) is 0 Å². The summed E-state index contributed by atoms with van der Waals surface area (Å²) < 4.78 is 0. The fourth-order valence-electron chi connectivity index (χ4n) is 4.33. The topological polar surface area (TPSA) is 45.2 Å². The summed E-state index contributed by atoms with van der Waals surface area (Å²) in [5.74, 6) is 2.33. The van der Waals surface area contributed by atoms with Crippen LogP contribution in [-0.4, -0.2) is 21.1 Å². The predicted molar refractivity (Wildman–Crippen MR) is 103 cm³/mol. The molecule has 0 radical (unpaired) electrons. The van der Waals surface area contributed by atoms with Gasteiger partial charge in [-0.1, -0.05) is 31.2 Å². The smallest absolute Gasteiger partial charge is 0.178 e. The number of pyridine rings is 1. The third-order valence-electron chi connectivity index (χ3n) is 5.42. The minimum Gasteiger partial charge on any atom is -0.301 e.